The lowest BCUT2D eigenvalue weighted by Gasteiger charge is -2.44. The molecule has 0 aromatic heterocycles. The van der Waals surface area contributed by atoms with Crippen LogP contribution in [0.4, 0.5) is 0 Å². The summed E-state index contributed by atoms with van der Waals surface area (Å²) in [7, 11) is 0. The SMILES string of the molecule is CC1SCCN(CC2(C)CCCNC2)C1C. The van der Waals surface area contributed by atoms with E-state index in [1.54, 1.807) is 0 Å². The fourth-order valence-electron chi connectivity index (χ4n) is 2.96. The molecule has 2 nitrogen and oxygen atoms in total. The van der Waals surface area contributed by atoms with Crippen LogP contribution in [-0.4, -0.2) is 48.1 Å². The number of rotatable bonds is 2. The number of thioether (sulfide) groups is 1. The average molecular weight is 242 g/mol. The Balaban J connectivity index is 1.92. The minimum absolute atomic E-state index is 0.508. The number of hydrogen-bond acceptors (Lipinski definition) is 3. The van der Waals surface area contributed by atoms with Gasteiger partial charge in [0.2, 0.25) is 0 Å². The summed E-state index contributed by atoms with van der Waals surface area (Å²) >= 11 is 2.13. The van der Waals surface area contributed by atoms with Crippen LogP contribution in [0.1, 0.15) is 33.6 Å². The molecule has 0 aromatic rings. The van der Waals surface area contributed by atoms with E-state index in [0.29, 0.717) is 5.41 Å². The predicted octanol–water partition coefficient (Wildman–Crippen LogP) is 2.20. The van der Waals surface area contributed by atoms with Gasteiger partial charge in [-0.05, 0) is 31.7 Å². The molecule has 0 aromatic carbocycles. The highest BCUT2D eigenvalue weighted by atomic mass is 32.2. The van der Waals surface area contributed by atoms with Crippen LogP contribution in [-0.2, 0) is 0 Å². The van der Waals surface area contributed by atoms with Gasteiger partial charge in [0.25, 0.3) is 0 Å². The van der Waals surface area contributed by atoms with Gasteiger partial charge in [-0.3, -0.25) is 4.90 Å². The Morgan fingerprint density at radius 1 is 1.44 bits per heavy atom. The van der Waals surface area contributed by atoms with E-state index in [2.05, 4.69) is 42.7 Å². The third-order valence-electron chi connectivity index (χ3n) is 4.29. The van der Waals surface area contributed by atoms with E-state index in [4.69, 9.17) is 0 Å². The number of nitrogens with one attached hydrogen (secondary N) is 1. The Hall–Kier alpha value is 0.270. The molecule has 0 bridgehead atoms. The van der Waals surface area contributed by atoms with Gasteiger partial charge in [-0.25, -0.2) is 0 Å². The fourth-order valence-corrected chi connectivity index (χ4v) is 4.13. The molecule has 0 radical (unpaired) electrons. The van der Waals surface area contributed by atoms with Crippen LogP contribution < -0.4 is 5.32 Å². The summed E-state index contributed by atoms with van der Waals surface area (Å²) in [6.07, 6.45) is 2.74. The summed E-state index contributed by atoms with van der Waals surface area (Å²) in [4.78, 5) is 2.72. The Labute approximate surface area is 105 Å². The molecule has 2 fully saturated rings. The van der Waals surface area contributed by atoms with Crippen molar-refractivity contribution < 1.29 is 0 Å². The van der Waals surface area contributed by atoms with Crippen molar-refractivity contribution in [2.45, 2.75) is 44.9 Å². The van der Waals surface area contributed by atoms with Crippen LogP contribution in [0.3, 0.4) is 0 Å². The summed E-state index contributed by atoms with van der Waals surface area (Å²) < 4.78 is 0. The maximum atomic E-state index is 3.56. The zero-order chi connectivity index (χ0) is 11.6. The minimum atomic E-state index is 0.508. The molecule has 2 aliphatic rings. The minimum Gasteiger partial charge on any atom is -0.316 e. The van der Waals surface area contributed by atoms with Crippen molar-refractivity contribution in [3.05, 3.63) is 0 Å². The second kappa shape index (κ2) is 5.28. The van der Waals surface area contributed by atoms with Crippen LogP contribution in [0.15, 0.2) is 0 Å². The summed E-state index contributed by atoms with van der Waals surface area (Å²) in [6.45, 7) is 12.2. The van der Waals surface area contributed by atoms with E-state index >= 15 is 0 Å². The highest BCUT2D eigenvalue weighted by molar-refractivity contribution is 8.00. The molecular formula is C13H26N2S. The maximum absolute atomic E-state index is 3.56. The van der Waals surface area contributed by atoms with Crippen molar-refractivity contribution in [2.75, 3.05) is 31.9 Å². The van der Waals surface area contributed by atoms with Crippen LogP contribution in [0.5, 0.6) is 0 Å². The largest absolute Gasteiger partial charge is 0.316 e. The smallest absolute Gasteiger partial charge is 0.0184 e. The monoisotopic (exact) mass is 242 g/mol. The molecule has 3 unspecified atom stereocenters. The summed E-state index contributed by atoms with van der Waals surface area (Å²) in [5.41, 5.74) is 0.508. The number of piperidine rings is 1. The zero-order valence-electron chi connectivity index (χ0n) is 11.0. The van der Waals surface area contributed by atoms with Crippen LogP contribution >= 0.6 is 11.8 Å². The lowest BCUT2D eigenvalue weighted by Crippen LogP contribution is -2.52. The molecule has 0 amide bonds. The molecule has 2 aliphatic heterocycles. The van der Waals surface area contributed by atoms with Gasteiger partial charge < -0.3 is 5.32 Å². The highest BCUT2D eigenvalue weighted by Crippen LogP contribution is 2.31. The first kappa shape index (κ1) is 12.7. The third-order valence-corrected chi connectivity index (χ3v) is 5.62. The molecule has 0 saturated carbocycles. The number of hydrogen-bond donors (Lipinski definition) is 1. The fraction of sp³-hybridized carbons (Fsp3) is 1.00. The highest BCUT2D eigenvalue weighted by Gasteiger charge is 2.33. The van der Waals surface area contributed by atoms with Gasteiger partial charge in [-0.2, -0.15) is 11.8 Å². The summed E-state index contributed by atoms with van der Waals surface area (Å²) in [6, 6.07) is 0.748. The van der Waals surface area contributed by atoms with Crippen molar-refractivity contribution >= 4 is 11.8 Å². The first-order valence-electron chi connectivity index (χ1n) is 6.67. The van der Waals surface area contributed by atoms with Gasteiger partial charge in [-0.15, -0.1) is 0 Å². The Morgan fingerprint density at radius 3 is 2.94 bits per heavy atom. The van der Waals surface area contributed by atoms with Gasteiger partial charge >= 0.3 is 0 Å². The predicted molar refractivity (Wildman–Crippen MR) is 73.2 cm³/mol. The first-order valence-corrected chi connectivity index (χ1v) is 7.72. The third kappa shape index (κ3) is 2.93. The lowest BCUT2D eigenvalue weighted by atomic mass is 9.82. The van der Waals surface area contributed by atoms with E-state index < -0.39 is 0 Å². The zero-order valence-corrected chi connectivity index (χ0v) is 11.8. The van der Waals surface area contributed by atoms with Gasteiger partial charge in [0, 0.05) is 36.7 Å². The van der Waals surface area contributed by atoms with Crippen molar-refractivity contribution in [1.82, 2.24) is 10.2 Å². The number of nitrogens with zero attached hydrogens (tertiary/aromatic N) is 1. The van der Waals surface area contributed by atoms with Crippen molar-refractivity contribution in [1.29, 1.82) is 0 Å². The molecule has 0 aliphatic carbocycles. The van der Waals surface area contributed by atoms with E-state index in [-0.39, 0.29) is 0 Å². The second-order valence-corrected chi connectivity index (χ2v) is 7.36. The molecule has 16 heavy (non-hydrogen) atoms. The van der Waals surface area contributed by atoms with E-state index in [9.17, 15) is 0 Å². The van der Waals surface area contributed by atoms with Crippen LogP contribution in [0.25, 0.3) is 0 Å². The topological polar surface area (TPSA) is 15.3 Å². The van der Waals surface area contributed by atoms with Gasteiger partial charge in [0.05, 0.1) is 0 Å². The summed E-state index contributed by atoms with van der Waals surface area (Å²) in [5, 5.41) is 4.36. The lowest BCUT2D eigenvalue weighted by molar-refractivity contribution is 0.106. The molecule has 0 spiro atoms. The van der Waals surface area contributed by atoms with Crippen molar-refractivity contribution in [3.63, 3.8) is 0 Å². The Morgan fingerprint density at radius 2 is 2.25 bits per heavy atom. The molecule has 2 heterocycles. The molecule has 1 N–H and O–H groups in total. The van der Waals surface area contributed by atoms with Crippen molar-refractivity contribution in [2.24, 2.45) is 5.41 Å². The van der Waals surface area contributed by atoms with E-state index in [1.165, 1.54) is 44.8 Å². The van der Waals surface area contributed by atoms with E-state index in [1.807, 2.05) is 0 Å². The van der Waals surface area contributed by atoms with Crippen molar-refractivity contribution in [3.8, 4) is 0 Å². The average Bonchev–Trinajstić information content (AvgIpc) is 2.26. The molecule has 3 heteroatoms. The Kier molecular flexibility index (Phi) is 4.20. The molecule has 94 valence electrons. The normalized spacial score (nSPS) is 42.2. The standard InChI is InChI=1S/C13H26N2S/c1-11-12(2)16-8-7-15(11)10-13(3)5-4-6-14-9-13/h11-12,14H,4-10H2,1-3H3. The molecule has 3 atom stereocenters. The Bertz CT molecular complexity index is 226. The van der Waals surface area contributed by atoms with E-state index in [0.717, 1.165) is 11.3 Å². The van der Waals surface area contributed by atoms with Gasteiger partial charge in [0.1, 0.15) is 0 Å². The summed E-state index contributed by atoms with van der Waals surface area (Å²) in [5.74, 6) is 1.31. The quantitative estimate of drug-likeness (QED) is 0.799. The van der Waals surface area contributed by atoms with Gasteiger partial charge in [0.15, 0.2) is 0 Å². The molecule has 2 rings (SSSR count). The van der Waals surface area contributed by atoms with Gasteiger partial charge in [-0.1, -0.05) is 13.8 Å². The first-order chi connectivity index (χ1) is 7.61. The second-order valence-electron chi connectivity index (χ2n) is 5.88. The molecular weight excluding hydrogens is 216 g/mol. The molecule has 2 saturated heterocycles. The van der Waals surface area contributed by atoms with Crippen LogP contribution in [0.2, 0.25) is 0 Å². The van der Waals surface area contributed by atoms with Crippen LogP contribution in [0, 0.1) is 5.41 Å². The maximum Gasteiger partial charge on any atom is 0.0184 e.